The van der Waals surface area contributed by atoms with Crippen molar-refractivity contribution in [3.63, 3.8) is 0 Å². The lowest BCUT2D eigenvalue weighted by Crippen LogP contribution is -2.12. The Morgan fingerprint density at radius 2 is 2.20 bits per heavy atom. The van der Waals surface area contributed by atoms with Crippen LogP contribution in [0.15, 0.2) is 31.0 Å². The topological polar surface area (TPSA) is 87.2 Å². The zero-order chi connectivity index (χ0) is 14.1. The largest absolute Gasteiger partial charge is 0.465 e. The average molecular weight is 272 g/mol. The molecule has 20 heavy (non-hydrogen) atoms. The second-order valence-electron chi connectivity index (χ2n) is 4.25. The van der Waals surface area contributed by atoms with E-state index in [0.29, 0.717) is 17.0 Å². The van der Waals surface area contributed by atoms with Crippen molar-refractivity contribution in [3.8, 4) is 0 Å². The summed E-state index contributed by atoms with van der Waals surface area (Å²) in [5.41, 5.74) is 1.09. The lowest BCUT2D eigenvalue weighted by atomic mass is 10.2. The lowest BCUT2D eigenvalue weighted by Gasteiger charge is -2.09. The van der Waals surface area contributed by atoms with Gasteiger partial charge >= 0.3 is 5.97 Å². The van der Waals surface area contributed by atoms with Crippen molar-refractivity contribution < 1.29 is 9.53 Å². The highest BCUT2D eigenvalue weighted by Crippen LogP contribution is 2.16. The van der Waals surface area contributed by atoms with Crippen LogP contribution >= 0.6 is 0 Å². The van der Waals surface area contributed by atoms with E-state index in [9.17, 15) is 4.79 Å². The molecule has 3 rings (SSSR count). The number of ether oxygens (including phenoxy) is 1. The van der Waals surface area contributed by atoms with Gasteiger partial charge in [0, 0.05) is 6.20 Å². The quantitative estimate of drug-likeness (QED) is 0.653. The molecule has 8 nitrogen and oxygen atoms in total. The fourth-order valence-electron chi connectivity index (χ4n) is 1.97. The van der Waals surface area contributed by atoms with Crippen LogP contribution in [0.2, 0.25) is 0 Å². The smallest absolute Gasteiger partial charge is 0.339 e. The number of carbonyl (C=O) groups is 1. The molecule has 3 aromatic heterocycles. The molecule has 0 saturated carbocycles. The van der Waals surface area contributed by atoms with E-state index in [2.05, 4.69) is 20.3 Å². The second kappa shape index (κ2) is 4.72. The third kappa shape index (κ3) is 1.91. The Balaban J connectivity index is 2.09. The molecule has 0 spiro atoms. The molecule has 0 amide bonds. The summed E-state index contributed by atoms with van der Waals surface area (Å²) >= 11 is 0. The van der Waals surface area contributed by atoms with Gasteiger partial charge in [-0.1, -0.05) is 0 Å². The number of esters is 1. The van der Waals surface area contributed by atoms with E-state index in [1.165, 1.54) is 13.4 Å². The molecule has 3 aromatic rings. The first-order valence-electron chi connectivity index (χ1n) is 5.98. The van der Waals surface area contributed by atoms with Crippen molar-refractivity contribution in [2.45, 2.75) is 13.0 Å². The van der Waals surface area contributed by atoms with Crippen LogP contribution in [0.3, 0.4) is 0 Å². The van der Waals surface area contributed by atoms with E-state index in [4.69, 9.17) is 4.74 Å². The fraction of sp³-hybridized carbons (Fsp3) is 0.250. The Morgan fingerprint density at radius 1 is 1.35 bits per heavy atom. The van der Waals surface area contributed by atoms with Crippen molar-refractivity contribution >= 4 is 11.6 Å². The molecule has 0 aromatic carbocycles. The predicted molar refractivity (Wildman–Crippen MR) is 68.2 cm³/mol. The van der Waals surface area contributed by atoms with E-state index < -0.39 is 5.97 Å². The molecule has 1 unspecified atom stereocenters. The first-order valence-corrected chi connectivity index (χ1v) is 5.98. The van der Waals surface area contributed by atoms with Crippen LogP contribution in [0, 0.1) is 0 Å². The number of nitrogens with zero attached hydrogens (tertiary/aromatic N) is 6. The summed E-state index contributed by atoms with van der Waals surface area (Å²) in [5.74, 6) is 0.260. The zero-order valence-electron chi connectivity index (χ0n) is 11.0. The maximum absolute atomic E-state index is 11.6. The molecule has 0 bridgehead atoms. The van der Waals surface area contributed by atoms with Crippen molar-refractivity contribution in [2.24, 2.45) is 0 Å². The van der Waals surface area contributed by atoms with Gasteiger partial charge < -0.3 is 4.74 Å². The molecule has 0 saturated heterocycles. The van der Waals surface area contributed by atoms with Gasteiger partial charge in [-0.2, -0.15) is 5.10 Å². The number of methoxy groups -OCH3 is 1. The molecule has 0 N–H and O–H groups in total. The molecule has 1 atom stereocenters. The van der Waals surface area contributed by atoms with Crippen LogP contribution < -0.4 is 0 Å². The summed E-state index contributed by atoms with van der Waals surface area (Å²) in [4.78, 5) is 15.5. The van der Waals surface area contributed by atoms with Crippen LogP contribution in [0.1, 0.15) is 29.1 Å². The van der Waals surface area contributed by atoms with E-state index in [-0.39, 0.29) is 6.04 Å². The van der Waals surface area contributed by atoms with Crippen molar-refractivity contribution in [1.82, 2.24) is 29.4 Å². The first kappa shape index (κ1) is 12.3. The summed E-state index contributed by atoms with van der Waals surface area (Å²) in [7, 11) is 1.34. The third-order valence-corrected chi connectivity index (χ3v) is 3.06. The standard InChI is InChI=1S/C12H12N6O2/c1-8(18-7-13-6-14-18)11-16-15-10-4-3-9(5-17(10)11)12(19)20-2/h3-8H,1-2H3. The predicted octanol–water partition coefficient (Wildman–Crippen LogP) is 0.717. The number of carbonyl (C=O) groups excluding carboxylic acids is 1. The normalized spacial score (nSPS) is 12.5. The third-order valence-electron chi connectivity index (χ3n) is 3.06. The van der Waals surface area contributed by atoms with Gasteiger partial charge in [-0.25, -0.2) is 14.5 Å². The van der Waals surface area contributed by atoms with Crippen LogP contribution in [0.25, 0.3) is 5.65 Å². The summed E-state index contributed by atoms with van der Waals surface area (Å²) in [6.07, 6.45) is 4.72. The fourth-order valence-corrected chi connectivity index (χ4v) is 1.97. The summed E-state index contributed by atoms with van der Waals surface area (Å²) in [6.45, 7) is 1.93. The van der Waals surface area contributed by atoms with Crippen molar-refractivity contribution in [1.29, 1.82) is 0 Å². The molecule has 0 aliphatic rings. The molecular weight excluding hydrogens is 260 g/mol. The minimum Gasteiger partial charge on any atom is -0.465 e. The second-order valence-corrected chi connectivity index (χ2v) is 4.25. The highest BCUT2D eigenvalue weighted by molar-refractivity contribution is 5.89. The molecule has 0 aliphatic carbocycles. The Hall–Kier alpha value is -2.77. The molecule has 0 fully saturated rings. The number of hydrogen-bond donors (Lipinski definition) is 0. The minimum atomic E-state index is -0.403. The molecule has 0 aliphatic heterocycles. The van der Waals surface area contributed by atoms with E-state index in [0.717, 1.165) is 0 Å². The zero-order valence-corrected chi connectivity index (χ0v) is 11.0. The highest BCUT2D eigenvalue weighted by Gasteiger charge is 2.17. The number of hydrogen-bond acceptors (Lipinski definition) is 6. The summed E-state index contributed by atoms with van der Waals surface area (Å²) in [5, 5.41) is 12.3. The van der Waals surface area contributed by atoms with Crippen molar-refractivity contribution in [3.05, 3.63) is 42.4 Å². The SMILES string of the molecule is COC(=O)c1ccc2nnc(C(C)n3cncn3)n2c1. The summed E-state index contributed by atoms with van der Waals surface area (Å²) in [6, 6.07) is 3.22. The maximum Gasteiger partial charge on any atom is 0.339 e. The van der Waals surface area contributed by atoms with Gasteiger partial charge in [0.15, 0.2) is 11.5 Å². The monoisotopic (exact) mass is 272 g/mol. The van der Waals surface area contributed by atoms with Gasteiger partial charge in [0.2, 0.25) is 0 Å². The minimum absolute atomic E-state index is 0.152. The molecular formula is C12H12N6O2. The van der Waals surface area contributed by atoms with Gasteiger partial charge in [-0.15, -0.1) is 10.2 Å². The Labute approximate surface area is 114 Å². The van der Waals surface area contributed by atoms with Crippen LogP contribution in [-0.2, 0) is 4.74 Å². The molecule has 102 valence electrons. The van der Waals surface area contributed by atoms with Gasteiger partial charge in [0.1, 0.15) is 18.7 Å². The van der Waals surface area contributed by atoms with Crippen LogP contribution in [0.4, 0.5) is 0 Å². The summed E-state index contributed by atoms with van der Waals surface area (Å²) < 4.78 is 8.13. The maximum atomic E-state index is 11.6. The van der Waals surface area contributed by atoms with E-state index in [1.807, 2.05) is 6.92 Å². The van der Waals surface area contributed by atoms with E-state index in [1.54, 1.807) is 33.7 Å². The number of rotatable bonds is 3. The lowest BCUT2D eigenvalue weighted by molar-refractivity contribution is 0.0600. The molecule has 8 heteroatoms. The average Bonchev–Trinajstić information content (AvgIpc) is 3.14. The van der Waals surface area contributed by atoms with Gasteiger partial charge in [0.05, 0.1) is 12.7 Å². The number of pyridine rings is 1. The number of fused-ring (bicyclic) bond motifs is 1. The van der Waals surface area contributed by atoms with Gasteiger partial charge in [-0.05, 0) is 19.1 Å². The van der Waals surface area contributed by atoms with E-state index >= 15 is 0 Å². The van der Waals surface area contributed by atoms with Crippen LogP contribution in [-0.4, -0.2) is 42.4 Å². The molecule has 3 heterocycles. The Morgan fingerprint density at radius 3 is 2.90 bits per heavy atom. The Kier molecular flexibility index (Phi) is 2.90. The first-order chi connectivity index (χ1) is 9.70. The van der Waals surface area contributed by atoms with Crippen molar-refractivity contribution in [2.75, 3.05) is 7.11 Å². The van der Waals surface area contributed by atoms with Crippen LogP contribution in [0.5, 0.6) is 0 Å². The highest BCUT2D eigenvalue weighted by atomic mass is 16.5. The number of aromatic nitrogens is 6. The molecule has 0 radical (unpaired) electrons. The Bertz CT molecular complexity index is 748. The van der Waals surface area contributed by atoms with Gasteiger partial charge in [0.25, 0.3) is 0 Å². The van der Waals surface area contributed by atoms with Gasteiger partial charge in [-0.3, -0.25) is 4.40 Å².